The summed E-state index contributed by atoms with van der Waals surface area (Å²) in [6, 6.07) is 4.34. The molecule has 0 fully saturated rings. The molecule has 0 radical (unpaired) electrons. The van der Waals surface area contributed by atoms with E-state index in [1.54, 1.807) is 0 Å². The van der Waals surface area contributed by atoms with Gasteiger partial charge in [-0.1, -0.05) is 0 Å². The first-order valence-electron chi connectivity index (χ1n) is 6.64. The molecule has 6 nitrogen and oxygen atoms in total. The lowest BCUT2D eigenvalue weighted by Gasteiger charge is -2.13. The second-order valence-corrected chi connectivity index (χ2v) is 4.56. The van der Waals surface area contributed by atoms with E-state index in [2.05, 4.69) is 9.47 Å². The average Bonchev–Trinajstić information content (AvgIpc) is 2.52. The van der Waals surface area contributed by atoms with Crippen LogP contribution in [0.15, 0.2) is 18.2 Å². The van der Waals surface area contributed by atoms with E-state index in [4.69, 9.17) is 5.11 Å². The fourth-order valence-corrected chi connectivity index (χ4v) is 1.93. The quantitative estimate of drug-likeness (QED) is 0.584. The van der Waals surface area contributed by atoms with Crippen LogP contribution >= 0.6 is 0 Å². The van der Waals surface area contributed by atoms with Gasteiger partial charge in [-0.15, -0.1) is 0 Å². The van der Waals surface area contributed by atoms with Crippen LogP contribution < -0.4 is 0 Å². The van der Waals surface area contributed by atoms with Gasteiger partial charge >= 0.3 is 11.9 Å². The van der Waals surface area contributed by atoms with Crippen LogP contribution in [0.5, 0.6) is 0 Å². The minimum atomic E-state index is -0.829. The Morgan fingerprint density at radius 2 is 1.57 bits per heavy atom. The number of benzene rings is 1. The zero-order valence-electron chi connectivity index (χ0n) is 12.2. The lowest BCUT2D eigenvalue weighted by molar-refractivity contribution is 0.0598. The zero-order valence-corrected chi connectivity index (χ0v) is 12.2. The van der Waals surface area contributed by atoms with Crippen molar-refractivity contribution in [2.24, 2.45) is 0 Å². The third-order valence-corrected chi connectivity index (χ3v) is 3.07. The Morgan fingerprint density at radius 3 is 2.00 bits per heavy atom. The Kier molecular flexibility index (Phi) is 6.84. The van der Waals surface area contributed by atoms with Crippen molar-refractivity contribution in [1.82, 2.24) is 0 Å². The highest BCUT2D eigenvalue weighted by molar-refractivity contribution is 5.95. The first-order valence-corrected chi connectivity index (χ1v) is 6.64. The number of hydrogen-bond acceptors (Lipinski definition) is 6. The molecule has 1 atom stereocenters. The Balaban J connectivity index is 3.06. The van der Waals surface area contributed by atoms with E-state index in [0.29, 0.717) is 24.8 Å². The number of ether oxygens (including phenoxy) is 2. The van der Waals surface area contributed by atoms with Crippen molar-refractivity contribution in [3.8, 4) is 0 Å². The lowest BCUT2D eigenvalue weighted by atomic mass is 9.98. The Labute approximate surface area is 123 Å². The normalized spacial score (nSPS) is 11.8. The summed E-state index contributed by atoms with van der Waals surface area (Å²) in [5.74, 6) is -1.19. The van der Waals surface area contributed by atoms with Crippen molar-refractivity contribution < 1.29 is 29.3 Å². The van der Waals surface area contributed by atoms with Gasteiger partial charge in [0.1, 0.15) is 0 Å². The number of carbonyl (C=O) groups is 2. The smallest absolute Gasteiger partial charge is 0.337 e. The fourth-order valence-electron chi connectivity index (χ4n) is 1.93. The van der Waals surface area contributed by atoms with Gasteiger partial charge < -0.3 is 19.7 Å². The summed E-state index contributed by atoms with van der Waals surface area (Å²) < 4.78 is 9.26. The molecule has 0 aliphatic rings. The van der Waals surface area contributed by atoms with Crippen LogP contribution in [0.2, 0.25) is 0 Å². The van der Waals surface area contributed by atoms with E-state index in [0.717, 1.165) is 0 Å². The third-order valence-electron chi connectivity index (χ3n) is 3.07. The number of rotatable bonds is 7. The van der Waals surface area contributed by atoms with Crippen LogP contribution in [0.4, 0.5) is 0 Å². The molecule has 0 amide bonds. The number of unbranched alkanes of at least 4 members (excludes halogenated alkanes) is 1. The van der Waals surface area contributed by atoms with Gasteiger partial charge in [0.15, 0.2) is 0 Å². The summed E-state index contributed by atoms with van der Waals surface area (Å²) in [4.78, 5) is 23.2. The Morgan fingerprint density at radius 1 is 1.05 bits per heavy atom. The van der Waals surface area contributed by atoms with Crippen LogP contribution in [0.1, 0.15) is 51.6 Å². The van der Waals surface area contributed by atoms with E-state index in [1.807, 2.05) is 0 Å². The molecule has 0 saturated heterocycles. The summed E-state index contributed by atoms with van der Waals surface area (Å²) >= 11 is 0. The molecule has 21 heavy (non-hydrogen) atoms. The number of aliphatic hydroxyl groups excluding tert-OH is 2. The molecule has 1 rings (SSSR count). The van der Waals surface area contributed by atoms with Crippen LogP contribution in [0.25, 0.3) is 0 Å². The van der Waals surface area contributed by atoms with E-state index < -0.39 is 18.0 Å². The van der Waals surface area contributed by atoms with Crippen molar-refractivity contribution >= 4 is 11.9 Å². The summed E-state index contributed by atoms with van der Waals surface area (Å²) in [7, 11) is 2.48. The maximum Gasteiger partial charge on any atom is 0.337 e. The van der Waals surface area contributed by atoms with Gasteiger partial charge in [-0.2, -0.15) is 0 Å². The van der Waals surface area contributed by atoms with Crippen LogP contribution in [-0.4, -0.2) is 43.0 Å². The molecular formula is C15H20O6. The number of carbonyl (C=O) groups excluding carboxylic acids is 2. The molecule has 0 spiro atoms. The lowest BCUT2D eigenvalue weighted by Crippen LogP contribution is -2.09. The molecule has 0 aliphatic carbocycles. The molecule has 1 aromatic carbocycles. The molecule has 116 valence electrons. The van der Waals surface area contributed by atoms with Gasteiger partial charge in [-0.05, 0) is 43.0 Å². The van der Waals surface area contributed by atoms with Gasteiger partial charge in [0.2, 0.25) is 0 Å². The van der Waals surface area contributed by atoms with Crippen LogP contribution in [0, 0.1) is 0 Å². The summed E-state index contributed by atoms with van der Waals surface area (Å²) in [6.07, 6.45) is 0.807. The first kappa shape index (κ1) is 17.1. The van der Waals surface area contributed by atoms with E-state index in [1.165, 1.54) is 32.4 Å². The predicted octanol–water partition coefficient (Wildman–Crippen LogP) is 1.46. The molecule has 0 aromatic heterocycles. The molecule has 0 aliphatic heterocycles. The van der Waals surface area contributed by atoms with Gasteiger partial charge in [-0.3, -0.25) is 0 Å². The van der Waals surface area contributed by atoms with E-state index >= 15 is 0 Å². The summed E-state index contributed by atoms with van der Waals surface area (Å²) in [5, 5.41) is 18.9. The number of aliphatic hydroxyl groups is 2. The van der Waals surface area contributed by atoms with Crippen LogP contribution in [-0.2, 0) is 9.47 Å². The van der Waals surface area contributed by atoms with E-state index in [9.17, 15) is 14.7 Å². The monoisotopic (exact) mass is 296 g/mol. The highest BCUT2D eigenvalue weighted by Crippen LogP contribution is 2.23. The standard InChI is InChI=1S/C15H20O6/c1-20-14(18)11-7-10(13(17)5-3-4-6-16)8-12(9-11)15(19)21-2/h7-9,13,16-17H,3-6H2,1-2H3. The number of methoxy groups -OCH3 is 2. The van der Waals surface area contributed by atoms with Gasteiger partial charge in [0, 0.05) is 6.61 Å². The molecular weight excluding hydrogens is 276 g/mol. The summed E-state index contributed by atoms with van der Waals surface area (Å²) in [5.41, 5.74) is 0.796. The Bertz CT molecular complexity index is 463. The number of hydrogen-bond donors (Lipinski definition) is 2. The van der Waals surface area contributed by atoms with Gasteiger partial charge in [0.05, 0.1) is 31.5 Å². The topological polar surface area (TPSA) is 93.1 Å². The first-order chi connectivity index (χ1) is 10.0. The third kappa shape index (κ3) is 4.84. The average molecular weight is 296 g/mol. The van der Waals surface area contributed by atoms with Crippen molar-refractivity contribution in [2.45, 2.75) is 25.4 Å². The molecule has 0 bridgehead atoms. The van der Waals surface area contributed by atoms with Crippen molar-refractivity contribution in [2.75, 3.05) is 20.8 Å². The molecule has 0 heterocycles. The maximum absolute atomic E-state index is 11.6. The fraction of sp³-hybridized carbons (Fsp3) is 0.467. The second-order valence-electron chi connectivity index (χ2n) is 4.56. The van der Waals surface area contributed by atoms with Gasteiger partial charge in [-0.25, -0.2) is 9.59 Å². The highest BCUT2D eigenvalue weighted by atomic mass is 16.5. The highest BCUT2D eigenvalue weighted by Gasteiger charge is 2.17. The number of esters is 2. The van der Waals surface area contributed by atoms with Crippen molar-refractivity contribution in [3.05, 3.63) is 34.9 Å². The molecule has 1 aromatic rings. The van der Waals surface area contributed by atoms with Crippen molar-refractivity contribution in [1.29, 1.82) is 0 Å². The Hall–Kier alpha value is -1.92. The SMILES string of the molecule is COC(=O)c1cc(C(=O)OC)cc(C(O)CCCCO)c1. The molecule has 1 unspecified atom stereocenters. The predicted molar refractivity (Wildman–Crippen MR) is 75.0 cm³/mol. The second kappa shape index (κ2) is 8.39. The van der Waals surface area contributed by atoms with Crippen molar-refractivity contribution in [3.63, 3.8) is 0 Å². The largest absolute Gasteiger partial charge is 0.465 e. The van der Waals surface area contributed by atoms with E-state index in [-0.39, 0.29) is 17.7 Å². The maximum atomic E-state index is 11.6. The molecule has 2 N–H and O–H groups in total. The summed E-state index contributed by atoms with van der Waals surface area (Å²) in [6.45, 7) is 0.0579. The minimum Gasteiger partial charge on any atom is -0.465 e. The molecule has 0 saturated carbocycles. The van der Waals surface area contributed by atoms with Crippen LogP contribution in [0.3, 0.4) is 0 Å². The molecule has 6 heteroatoms. The zero-order chi connectivity index (χ0) is 15.8. The minimum absolute atomic E-state index is 0.0579. The van der Waals surface area contributed by atoms with Gasteiger partial charge in [0.25, 0.3) is 0 Å².